The molecule has 5 heteroatoms. The van der Waals surface area contributed by atoms with Gasteiger partial charge in [0.2, 0.25) is 11.8 Å². The van der Waals surface area contributed by atoms with E-state index < -0.39 is 5.91 Å². The van der Waals surface area contributed by atoms with Crippen molar-refractivity contribution < 1.29 is 9.59 Å². The van der Waals surface area contributed by atoms with Gasteiger partial charge in [-0.2, -0.15) is 0 Å². The maximum absolute atomic E-state index is 12.1. The Bertz CT molecular complexity index is 487. The fourth-order valence-electron chi connectivity index (χ4n) is 2.34. The molecule has 2 amide bonds. The van der Waals surface area contributed by atoms with Crippen LogP contribution in [0.5, 0.6) is 0 Å². The number of hydrogen-bond acceptors (Lipinski definition) is 3. The minimum Gasteiger partial charge on any atom is -0.370 e. The van der Waals surface area contributed by atoms with Gasteiger partial charge in [0.15, 0.2) is 0 Å². The van der Waals surface area contributed by atoms with Gasteiger partial charge in [-0.15, -0.1) is 0 Å². The lowest BCUT2D eigenvalue weighted by Gasteiger charge is -2.26. The molecule has 102 valence electrons. The van der Waals surface area contributed by atoms with Crippen molar-refractivity contribution in [3.63, 3.8) is 0 Å². The molecule has 0 aliphatic carbocycles. The van der Waals surface area contributed by atoms with Gasteiger partial charge >= 0.3 is 0 Å². The molecule has 1 aliphatic rings. The number of carbonyl (C=O) groups excluding carboxylic acids is 2. The lowest BCUT2D eigenvalue weighted by molar-refractivity contribution is -0.124. The van der Waals surface area contributed by atoms with Crippen molar-refractivity contribution in [1.29, 1.82) is 0 Å². The minimum absolute atomic E-state index is 0.0803. The lowest BCUT2D eigenvalue weighted by atomic mass is 9.95. The van der Waals surface area contributed by atoms with Gasteiger partial charge in [0.25, 0.3) is 0 Å². The summed E-state index contributed by atoms with van der Waals surface area (Å²) in [5, 5.41) is 6.01. The van der Waals surface area contributed by atoms with Crippen molar-refractivity contribution in [3.8, 4) is 0 Å². The first-order chi connectivity index (χ1) is 9.06. The second-order valence-electron chi connectivity index (χ2n) is 4.99. The van der Waals surface area contributed by atoms with Gasteiger partial charge in [-0.1, -0.05) is 24.3 Å². The molecule has 2 rings (SSSR count). The van der Waals surface area contributed by atoms with Crippen LogP contribution in [-0.2, 0) is 22.6 Å². The van der Waals surface area contributed by atoms with Gasteiger partial charge in [-0.05, 0) is 24.5 Å². The molecular formula is C14H19N3O2. The zero-order valence-corrected chi connectivity index (χ0v) is 11.0. The third-order valence-electron chi connectivity index (χ3n) is 3.29. The number of nitrogens with one attached hydrogen (secondary N) is 2. The quantitative estimate of drug-likeness (QED) is 0.717. The molecule has 0 bridgehead atoms. The Balaban J connectivity index is 1.93. The Labute approximate surface area is 112 Å². The molecule has 1 unspecified atom stereocenters. The molecule has 0 spiro atoms. The van der Waals surface area contributed by atoms with Crippen LogP contribution in [0, 0.1) is 0 Å². The summed E-state index contributed by atoms with van der Waals surface area (Å²) in [6, 6.07) is 7.61. The maximum atomic E-state index is 12.1. The predicted molar refractivity (Wildman–Crippen MR) is 72.2 cm³/mol. The average molecular weight is 261 g/mol. The highest BCUT2D eigenvalue weighted by atomic mass is 16.2. The zero-order chi connectivity index (χ0) is 13.8. The van der Waals surface area contributed by atoms with Crippen molar-refractivity contribution in [2.75, 3.05) is 0 Å². The van der Waals surface area contributed by atoms with Crippen molar-refractivity contribution in [2.24, 2.45) is 5.73 Å². The number of benzene rings is 1. The first-order valence-electron chi connectivity index (χ1n) is 6.45. The van der Waals surface area contributed by atoms with E-state index in [1.807, 2.05) is 18.2 Å². The highest BCUT2D eigenvalue weighted by Crippen LogP contribution is 2.16. The molecule has 19 heavy (non-hydrogen) atoms. The van der Waals surface area contributed by atoms with E-state index in [1.54, 1.807) is 6.92 Å². The van der Waals surface area contributed by atoms with E-state index in [-0.39, 0.29) is 24.4 Å². The molecule has 0 fully saturated rings. The molecule has 1 aliphatic heterocycles. The number of nitrogens with two attached hydrogens (primary N) is 1. The minimum atomic E-state index is -0.408. The van der Waals surface area contributed by atoms with E-state index in [9.17, 15) is 9.59 Å². The van der Waals surface area contributed by atoms with Gasteiger partial charge in [-0.25, -0.2) is 0 Å². The van der Waals surface area contributed by atoms with Crippen LogP contribution in [0.25, 0.3) is 0 Å². The first kappa shape index (κ1) is 13.5. The highest BCUT2D eigenvalue weighted by Gasteiger charge is 2.24. The van der Waals surface area contributed by atoms with Crippen LogP contribution in [0.2, 0.25) is 0 Å². The Morgan fingerprint density at radius 2 is 2.11 bits per heavy atom. The Morgan fingerprint density at radius 3 is 2.79 bits per heavy atom. The lowest BCUT2D eigenvalue weighted by Crippen LogP contribution is -2.50. The van der Waals surface area contributed by atoms with Gasteiger partial charge in [0.05, 0.1) is 6.04 Å². The topological polar surface area (TPSA) is 84.2 Å². The number of rotatable bonds is 4. The largest absolute Gasteiger partial charge is 0.370 e. The molecular weight excluding hydrogens is 242 g/mol. The zero-order valence-electron chi connectivity index (χ0n) is 11.0. The second kappa shape index (κ2) is 5.84. The van der Waals surface area contributed by atoms with Crippen LogP contribution in [0.3, 0.4) is 0 Å². The number of fused-ring (bicyclic) bond motifs is 1. The number of amides is 2. The third-order valence-corrected chi connectivity index (χ3v) is 3.29. The number of hydrogen-bond donors (Lipinski definition) is 3. The summed E-state index contributed by atoms with van der Waals surface area (Å²) in [7, 11) is 0. The van der Waals surface area contributed by atoms with E-state index in [2.05, 4.69) is 16.7 Å². The van der Waals surface area contributed by atoms with E-state index in [0.717, 1.165) is 0 Å². The van der Waals surface area contributed by atoms with Crippen molar-refractivity contribution in [3.05, 3.63) is 35.4 Å². The molecule has 5 nitrogen and oxygen atoms in total. The molecule has 1 aromatic rings. The summed E-state index contributed by atoms with van der Waals surface area (Å²) < 4.78 is 0. The van der Waals surface area contributed by atoms with Gasteiger partial charge in [0, 0.05) is 19.0 Å². The van der Waals surface area contributed by atoms with Gasteiger partial charge < -0.3 is 16.4 Å². The molecule has 1 heterocycles. The molecule has 0 aromatic heterocycles. The smallest absolute Gasteiger partial charge is 0.237 e. The monoisotopic (exact) mass is 261 g/mol. The van der Waals surface area contributed by atoms with Crippen molar-refractivity contribution in [1.82, 2.24) is 10.6 Å². The van der Waals surface area contributed by atoms with Gasteiger partial charge in [-0.3, -0.25) is 9.59 Å². The van der Waals surface area contributed by atoms with Crippen LogP contribution < -0.4 is 16.4 Å². The molecule has 4 N–H and O–H groups in total. The fraction of sp³-hybridized carbons (Fsp3) is 0.429. The normalized spacial score (nSPS) is 19.3. The van der Waals surface area contributed by atoms with Crippen LogP contribution in [0.15, 0.2) is 24.3 Å². The summed E-state index contributed by atoms with van der Waals surface area (Å²) in [5.41, 5.74) is 7.54. The first-order valence-corrected chi connectivity index (χ1v) is 6.45. The summed E-state index contributed by atoms with van der Waals surface area (Å²) in [5.74, 6) is -0.488. The summed E-state index contributed by atoms with van der Waals surface area (Å²) in [4.78, 5) is 22.9. The summed E-state index contributed by atoms with van der Waals surface area (Å²) >= 11 is 0. The summed E-state index contributed by atoms with van der Waals surface area (Å²) in [6.07, 6.45) is 0.834. The van der Waals surface area contributed by atoms with E-state index in [1.165, 1.54) is 11.1 Å². The summed E-state index contributed by atoms with van der Waals surface area (Å²) in [6.45, 7) is 2.47. The Morgan fingerprint density at radius 1 is 1.42 bits per heavy atom. The van der Waals surface area contributed by atoms with Crippen LogP contribution >= 0.6 is 0 Å². The van der Waals surface area contributed by atoms with E-state index in [4.69, 9.17) is 5.73 Å². The van der Waals surface area contributed by atoms with Crippen molar-refractivity contribution in [2.45, 2.75) is 38.4 Å². The van der Waals surface area contributed by atoms with Crippen LogP contribution in [0.1, 0.15) is 24.5 Å². The molecule has 2 atom stereocenters. The molecule has 0 saturated heterocycles. The van der Waals surface area contributed by atoms with E-state index >= 15 is 0 Å². The molecule has 0 radical (unpaired) electrons. The fourth-order valence-corrected chi connectivity index (χ4v) is 2.34. The molecule has 0 saturated carbocycles. The third kappa shape index (κ3) is 3.54. The molecule has 1 aromatic carbocycles. The number of carbonyl (C=O) groups is 2. The second-order valence-corrected chi connectivity index (χ2v) is 4.99. The standard InChI is InChI=1S/C14H19N3O2/c1-9(6-13(15)18)17-14(19)12-7-10-4-2-3-5-11(10)8-16-12/h2-5,9,12,16H,6-8H2,1H3,(H2,15,18)(H,17,19)/t9?,12-/m0/s1. The Hall–Kier alpha value is -1.88. The van der Waals surface area contributed by atoms with Crippen molar-refractivity contribution >= 4 is 11.8 Å². The van der Waals surface area contributed by atoms with E-state index in [0.29, 0.717) is 13.0 Å². The maximum Gasteiger partial charge on any atom is 0.237 e. The number of primary amides is 1. The van der Waals surface area contributed by atoms with Gasteiger partial charge in [0.1, 0.15) is 0 Å². The highest BCUT2D eigenvalue weighted by molar-refractivity contribution is 5.83. The van der Waals surface area contributed by atoms with Crippen LogP contribution in [0.4, 0.5) is 0 Å². The SMILES string of the molecule is CC(CC(N)=O)NC(=O)[C@@H]1Cc2ccccc2CN1. The van der Waals surface area contributed by atoms with Crippen LogP contribution in [-0.4, -0.2) is 23.9 Å². The average Bonchev–Trinajstić information content (AvgIpc) is 2.37. The Kier molecular flexibility index (Phi) is 4.16. The predicted octanol–water partition coefficient (Wildman–Crippen LogP) is 0.0810.